The molecular formula is C18H18FN3OS. The van der Waals surface area contributed by atoms with Gasteiger partial charge in [0, 0.05) is 29.5 Å². The van der Waals surface area contributed by atoms with Gasteiger partial charge in [-0.05, 0) is 44.0 Å². The van der Waals surface area contributed by atoms with E-state index in [1.807, 2.05) is 35.9 Å². The molecule has 2 heterocycles. The molecule has 0 unspecified atom stereocenters. The van der Waals surface area contributed by atoms with E-state index in [9.17, 15) is 9.18 Å². The van der Waals surface area contributed by atoms with Gasteiger partial charge in [-0.3, -0.25) is 9.36 Å². The summed E-state index contributed by atoms with van der Waals surface area (Å²) >= 11 is 1.52. The third kappa shape index (κ3) is 3.10. The van der Waals surface area contributed by atoms with E-state index in [0.717, 1.165) is 22.1 Å². The zero-order chi connectivity index (χ0) is 17.3. The molecule has 1 aromatic carbocycles. The summed E-state index contributed by atoms with van der Waals surface area (Å²) < 4.78 is 15.5. The first-order valence-electron chi connectivity index (χ1n) is 7.59. The third-order valence-corrected chi connectivity index (χ3v) is 4.73. The van der Waals surface area contributed by atoms with Crippen molar-refractivity contribution in [3.05, 3.63) is 69.7 Å². The predicted octanol–water partition coefficient (Wildman–Crippen LogP) is 3.93. The fourth-order valence-corrected chi connectivity index (χ4v) is 3.39. The summed E-state index contributed by atoms with van der Waals surface area (Å²) in [6.45, 7) is 5.84. The summed E-state index contributed by atoms with van der Waals surface area (Å²) in [4.78, 5) is 16.8. The number of thiazole rings is 1. The Hall–Kier alpha value is -2.47. The van der Waals surface area contributed by atoms with Crippen LogP contribution in [-0.2, 0) is 6.54 Å². The van der Waals surface area contributed by atoms with Crippen molar-refractivity contribution in [2.24, 2.45) is 0 Å². The molecule has 1 amide bonds. The zero-order valence-corrected chi connectivity index (χ0v) is 14.6. The van der Waals surface area contributed by atoms with Crippen molar-refractivity contribution < 1.29 is 9.18 Å². The number of hydrogen-bond acceptors (Lipinski definition) is 3. The molecule has 124 valence electrons. The highest BCUT2D eigenvalue weighted by Gasteiger charge is 2.17. The molecule has 0 radical (unpaired) electrons. The van der Waals surface area contributed by atoms with Gasteiger partial charge in [0.25, 0.3) is 5.91 Å². The van der Waals surface area contributed by atoms with Crippen molar-refractivity contribution in [3.63, 3.8) is 0 Å². The van der Waals surface area contributed by atoms with Crippen molar-refractivity contribution in [1.29, 1.82) is 0 Å². The minimum atomic E-state index is -0.260. The highest BCUT2D eigenvalue weighted by molar-refractivity contribution is 7.12. The Bertz CT molecular complexity index is 884. The number of aromatic nitrogens is 2. The number of amides is 1. The van der Waals surface area contributed by atoms with Crippen LogP contribution >= 0.6 is 11.3 Å². The Morgan fingerprint density at radius 1 is 1.29 bits per heavy atom. The first kappa shape index (κ1) is 16.4. The predicted molar refractivity (Wildman–Crippen MR) is 93.2 cm³/mol. The van der Waals surface area contributed by atoms with Crippen LogP contribution in [-0.4, -0.2) is 15.5 Å². The van der Waals surface area contributed by atoms with Crippen LogP contribution in [0.2, 0.25) is 0 Å². The molecule has 0 fully saturated rings. The van der Waals surface area contributed by atoms with E-state index in [4.69, 9.17) is 0 Å². The molecule has 0 spiro atoms. The standard InChI is InChI=1S/C18H18FN3OS/c1-11-4-5-14(9-16(11)19)10-21-17(23)15-8-12(2)22(13(15)3)18-20-6-7-24-18/h4-9H,10H2,1-3H3,(H,21,23). The van der Waals surface area contributed by atoms with Gasteiger partial charge in [-0.15, -0.1) is 11.3 Å². The number of aryl methyl sites for hydroxylation is 2. The first-order chi connectivity index (χ1) is 11.5. The fraction of sp³-hybridized carbons (Fsp3) is 0.222. The lowest BCUT2D eigenvalue weighted by atomic mass is 10.1. The maximum Gasteiger partial charge on any atom is 0.253 e. The van der Waals surface area contributed by atoms with Crippen molar-refractivity contribution in [2.45, 2.75) is 27.3 Å². The highest BCUT2D eigenvalue weighted by Crippen LogP contribution is 2.22. The molecule has 0 saturated carbocycles. The molecule has 3 rings (SSSR count). The van der Waals surface area contributed by atoms with Crippen LogP contribution in [0, 0.1) is 26.6 Å². The number of hydrogen-bond donors (Lipinski definition) is 1. The van der Waals surface area contributed by atoms with Crippen molar-refractivity contribution in [3.8, 4) is 5.13 Å². The molecule has 6 heteroatoms. The number of nitrogens with one attached hydrogen (secondary N) is 1. The Balaban J connectivity index is 1.78. The second-order valence-corrected chi connectivity index (χ2v) is 6.57. The molecule has 0 aliphatic rings. The van der Waals surface area contributed by atoms with Crippen LogP contribution < -0.4 is 5.32 Å². The molecule has 0 aliphatic carbocycles. The normalized spacial score (nSPS) is 10.8. The van der Waals surface area contributed by atoms with Crippen LogP contribution in [0.4, 0.5) is 4.39 Å². The average Bonchev–Trinajstić information content (AvgIpc) is 3.16. The number of carbonyl (C=O) groups is 1. The minimum absolute atomic E-state index is 0.174. The van der Waals surface area contributed by atoms with Crippen LogP contribution in [0.3, 0.4) is 0 Å². The Morgan fingerprint density at radius 3 is 2.75 bits per heavy atom. The Labute approximate surface area is 144 Å². The summed E-state index contributed by atoms with van der Waals surface area (Å²) in [5, 5.41) is 5.59. The molecular weight excluding hydrogens is 325 g/mol. The highest BCUT2D eigenvalue weighted by atomic mass is 32.1. The van der Waals surface area contributed by atoms with Gasteiger partial charge in [-0.1, -0.05) is 12.1 Å². The Kier molecular flexibility index (Phi) is 4.49. The van der Waals surface area contributed by atoms with Gasteiger partial charge in [0.1, 0.15) is 5.82 Å². The molecule has 0 saturated heterocycles. The van der Waals surface area contributed by atoms with E-state index < -0.39 is 0 Å². The molecule has 0 atom stereocenters. The van der Waals surface area contributed by atoms with E-state index >= 15 is 0 Å². The fourth-order valence-electron chi connectivity index (χ4n) is 2.64. The van der Waals surface area contributed by atoms with E-state index in [1.165, 1.54) is 17.4 Å². The third-order valence-electron chi connectivity index (χ3n) is 3.98. The maximum atomic E-state index is 13.6. The molecule has 2 aromatic heterocycles. The largest absolute Gasteiger partial charge is 0.348 e. The molecule has 24 heavy (non-hydrogen) atoms. The van der Waals surface area contributed by atoms with Gasteiger partial charge in [-0.2, -0.15) is 0 Å². The molecule has 3 aromatic rings. The number of carbonyl (C=O) groups excluding carboxylic acids is 1. The SMILES string of the molecule is Cc1ccc(CNC(=O)c2cc(C)n(-c3nccs3)c2C)cc1F. The second-order valence-electron chi connectivity index (χ2n) is 5.70. The van der Waals surface area contributed by atoms with Crippen LogP contribution in [0.25, 0.3) is 5.13 Å². The van der Waals surface area contributed by atoms with Crippen LogP contribution in [0.5, 0.6) is 0 Å². The smallest absolute Gasteiger partial charge is 0.253 e. The summed E-state index contributed by atoms with van der Waals surface area (Å²) in [5.41, 5.74) is 3.73. The topological polar surface area (TPSA) is 46.9 Å². The number of nitrogens with zero attached hydrogens (tertiary/aromatic N) is 2. The first-order valence-corrected chi connectivity index (χ1v) is 8.47. The lowest BCUT2D eigenvalue weighted by Gasteiger charge is -2.08. The van der Waals surface area contributed by atoms with Gasteiger partial charge in [0.2, 0.25) is 0 Å². The molecule has 0 bridgehead atoms. The summed E-state index contributed by atoms with van der Waals surface area (Å²) in [7, 11) is 0. The quantitative estimate of drug-likeness (QED) is 0.780. The van der Waals surface area contributed by atoms with E-state index in [1.54, 1.807) is 19.2 Å². The summed E-state index contributed by atoms with van der Waals surface area (Å²) in [5.74, 6) is -0.435. The minimum Gasteiger partial charge on any atom is -0.348 e. The van der Waals surface area contributed by atoms with E-state index in [0.29, 0.717) is 11.1 Å². The maximum absolute atomic E-state index is 13.6. The van der Waals surface area contributed by atoms with Crippen LogP contribution in [0.1, 0.15) is 32.9 Å². The van der Waals surface area contributed by atoms with Crippen LogP contribution in [0.15, 0.2) is 35.8 Å². The molecule has 0 aliphatic heterocycles. The van der Waals surface area contributed by atoms with Gasteiger partial charge in [0.05, 0.1) is 5.56 Å². The second kappa shape index (κ2) is 6.57. The summed E-state index contributed by atoms with van der Waals surface area (Å²) in [6.07, 6.45) is 1.74. The monoisotopic (exact) mass is 343 g/mol. The van der Waals surface area contributed by atoms with Gasteiger partial charge in [0.15, 0.2) is 5.13 Å². The van der Waals surface area contributed by atoms with Crippen molar-refractivity contribution in [1.82, 2.24) is 14.9 Å². The van der Waals surface area contributed by atoms with Crippen molar-refractivity contribution >= 4 is 17.2 Å². The van der Waals surface area contributed by atoms with Gasteiger partial charge >= 0.3 is 0 Å². The van der Waals surface area contributed by atoms with Crippen molar-refractivity contribution in [2.75, 3.05) is 0 Å². The number of halogens is 1. The lowest BCUT2D eigenvalue weighted by Crippen LogP contribution is -2.23. The number of benzene rings is 1. The Morgan fingerprint density at radius 2 is 2.08 bits per heavy atom. The van der Waals surface area contributed by atoms with E-state index in [2.05, 4.69) is 10.3 Å². The summed E-state index contributed by atoms with van der Waals surface area (Å²) in [6, 6.07) is 6.83. The zero-order valence-electron chi connectivity index (χ0n) is 13.8. The molecule has 4 nitrogen and oxygen atoms in total. The number of rotatable bonds is 4. The van der Waals surface area contributed by atoms with Gasteiger partial charge in [-0.25, -0.2) is 9.37 Å². The molecule has 1 N–H and O–H groups in total. The van der Waals surface area contributed by atoms with Gasteiger partial charge < -0.3 is 5.32 Å². The van der Waals surface area contributed by atoms with E-state index in [-0.39, 0.29) is 18.3 Å². The average molecular weight is 343 g/mol. The lowest BCUT2D eigenvalue weighted by molar-refractivity contribution is 0.0950.